The number of aryl methyl sites for hydroxylation is 1. The van der Waals surface area contributed by atoms with Crippen molar-refractivity contribution in [3.8, 4) is 0 Å². The molecular weight excluding hydrogens is 344 g/mol. The first-order chi connectivity index (χ1) is 12.0. The Bertz CT molecular complexity index is 850. The maximum absolute atomic E-state index is 11.9. The number of carbonyl (C=O) groups is 1. The van der Waals surface area contributed by atoms with E-state index in [1.165, 1.54) is 0 Å². The van der Waals surface area contributed by atoms with Crippen LogP contribution in [0.5, 0.6) is 0 Å². The summed E-state index contributed by atoms with van der Waals surface area (Å²) in [4.78, 5) is 11.9. The summed E-state index contributed by atoms with van der Waals surface area (Å²) in [5.41, 5.74) is 1.71. The van der Waals surface area contributed by atoms with Crippen molar-refractivity contribution in [1.29, 1.82) is 0 Å². The van der Waals surface area contributed by atoms with Gasteiger partial charge in [0.2, 0.25) is 0 Å². The Balaban J connectivity index is 1.50. The number of anilines is 1. The van der Waals surface area contributed by atoms with Crippen LogP contribution in [0.1, 0.15) is 17.7 Å². The van der Waals surface area contributed by atoms with E-state index in [-0.39, 0.29) is 12.3 Å². The number of fused-ring (bicyclic) bond motifs is 3. The fourth-order valence-corrected chi connectivity index (χ4v) is 4.06. The van der Waals surface area contributed by atoms with Gasteiger partial charge in [0, 0.05) is 12.1 Å². The van der Waals surface area contributed by atoms with Crippen LogP contribution in [0.4, 0.5) is 5.69 Å². The molecule has 25 heavy (non-hydrogen) atoms. The van der Waals surface area contributed by atoms with Crippen LogP contribution in [0.15, 0.2) is 36.7 Å². The van der Waals surface area contributed by atoms with Gasteiger partial charge in [-0.3, -0.25) is 9.27 Å². The number of esters is 1. The van der Waals surface area contributed by atoms with Crippen LogP contribution in [0.25, 0.3) is 0 Å². The summed E-state index contributed by atoms with van der Waals surface area (Å²) in [6.45, 7) is 1.94. The molecule has 2 aliphatic heterocycles. The van der Waals surface area contributed by atoms with Gasteiger partial charge < -0.3 is 4.74 Å². The number of carbonyl (C=O) groups excluding carboxylic acids is 1. The number of ether oxygens (including phenoxy) is 1. The molecule has 1 saturated heterocycles. The van der Waals surface area contributed by atoms with Crippen LogP contribution < -0.4 is 9.29 Å². The third-order valence-corrected chi connectivity index (χ3v) is 5.41. The van der Waals surface area contributed by atoms with Gasteiger partial charge in [0.05, 0.1) is 13.6 Å². The molecule has 1 fully saturated rings. The Morgan fingerprint density at radius 1 is 1.40 bits per heavy atom. The zero-order valence-corrected chi connectivity index (χ0v) is 14.6. The highest BCUT2D eigenvalue weighted by Crippen LogP contribution is 2.35. The van der Waals surface area contributed by atoms with Gasteiger partial charge in [-0.25, -0.2) is 18.1 Å². The predicted octanol–water partition coefficient (Wildman–Crippen LogP) is 0.447. The van der Waals surface area contributed by atoms with Crippen LogP contribution >= 0.6 is 0 Å². The van der Waals surface area contributed by atoms with Crippen molar-refractivity contribution in [2.45, 2.75) is 19.3 Å². The molecular formula is C16H20N4O4S+2. The van der Waals surface area contributed by atoms with Gasteiger partial charge in [-0.05, 0) is 17.7 Å². The number of aromatic nitrogens is 2. The average molecular weight is 364 g/mol. The van der Waals surface area contributed by atoms with E-state index in [0.717, 1.165) is 30.9 Å². The quantitative estimate of drug-likeness (QED) is 0.349. The van der Waals surface area contributed by atoms with Crippen LogP contribution in [-0.4, -0.2) is 36.9 Å². The maximum atomic E-state index is 11.9. The Labute approximate surface area is 147 Å². The van der Waals surface area contributed by atoms with Gasteiger partial charge in [-0.2, -0.15) is 0 Å². The van der Waals surface area contributed by atoms with Crippen molar-refractivity contribution in [2.24, 2.45) is 7.05 Å². The van der Waals surface area contributed by atoms with E-state index >= 15 is 0 Å². The van der Waals surface area contributed by atoms with Crippen LogP contribution in [-0.2, 0) is 40.8 Å². The molecule has 9 heteroatoms. The van der Waals surface area contributed by atoms with Crippen molar-refractivity contribution in [1.82, 2.24) is 4.57 Å². The summed E-state index contributed by atoms with van der Waals surface area (Å²) in [5.74, 6) is 0.999. The lowest BCUT2D eigenvalue weighted by Crippen LogP contribution is -2.51. The average Bonchev–Trinajstić information content (AvgIpc) is 3.15. The number of quaternary nitrogens is 1. The van der Waals surface area contributed by atoms with Gasteiger partial charge in [0.1, 0.15) is 12.4 Å². The topological polar surface area (TPSA) is 84.4 Å². The highest BCUT2D eigenvalue weighted by Gasteiger charge is 2.59. The normalized spacial score (nSPS) is 25.4. The second-order valence-electron chi connectivity index (χ2n) is 6.61. The minimum Gasteiger partial charge on any atom is -0.369 e. The molecule has 3 atom stereocenters. The Morgan fingerprint density at radius 3 is 2.88 bits per heavy atom. The fraction of sp³-hybridized carbons (Fsp3) is 0.375. The lowest BCUT2D eigenvalue weighted by atomic mass is 10.1. The summed E-state index contributed by atoms with van der Waals surface area (Å²) in [5, 5.41) is 0. The molecule has 1 unspecified atom stereocenters. The van der Waals surface area contributed by atoms with Crippen molar-refractivity contribution in [3.05, 3.63) is 48.0 Å². The highest BCUT2D eigenvalue weighted by molar-refractivity contribution is 7.80. The number of rotatable bonds is 5. The Morgan fingerprint density at radius 2 is 2.16 bits per heavy atom. The van der Waals surface area contributed by atoms with Crippen molar-refractivity contribution in [2.75, 3.05) is 17.8 Å². The number of imidazole rings is 1. The molecule has 0 saturated carbocycles. The molecule has 4 rings (SSSR count). The number of benzene rings is 1. The van der Waals surface area contributed by atoms with E-state index in [9.17, 15) is 9.00 Å². The fourth-order valence-electron chi connectivity index (χ4n) is 3.72. The molecule has 0 bridgehead atoms. The molecule has 0 spiro atoms. The monoisotopic (exact) mass is 364 g/mol. The molecule has 3 heterocycles. The minimum absolute atomic E-state index is 0.156. The summed E-state index contributed by atoms with van der Waals surface area (Å²) in [7, 11) is 2.00. The Hall–Kier alpha value is -2.23. The summed E-state index contributed by atoms with van der Waals surface area (Å²) < 4.78 is 32.3. The standard InChI is InChI=1S/C16H19N4O4S/c1-18-7-8-19-14(18)10-20(11-15(21)24-16(19)20)9-6-12-2-4-13(5-3-12)17-25(22)23/h2-5,7-8,16-17H,6,9-11H2,1H3/q+1/p+1/t16-,20+/m0/s1. The first kappa shape index (κ1) is 16.2. The van der Waals surface area contributed by atoms with Crippen molar-refractivity contribution >= 4 is 22.9 Å². The lowest BCUT2D eigenvalue weighted by Gasteiger charge is -2.27. The second kappa shape index (κ2) is 5.94. The molecule has 0 radical (unpaired) electrons. The van der Waals surface area contributed by atoms with Gasteiger partial charge in [0.15, 0.2) is 13.1 Å². The summed E-state index contributed by atoms with van der Waals surface area (Å²) in [6.07, 6.45) is 4.46. The maximum Gasteiger partial charge on any atom is 0.391 e. The smallest absolute Gasteiger partial charge is 0.369 e. The Kier molecular flexibility index (Phi) is 3.86. The third kappa shape index (κ3) is 2.84. The zero-order valence-electron chi connectivity index (χ0n) is 13.8. The largest absolute Gasteiger partial charge is 0.391 e. The van der Waals surface area contributed by atoms with E-state index in [4.69, 9.17) is 9.29 Å². The van der Waals surface area contributed by atoms with Gasteiger partial charge in [0.25, 0.3) is 11.3 Å². The predicted molar refractivity (Wildman–Crippen MR) is 89.0 cm³/mol. The van der Waals surface area contributed by atoms with Crippen molar-refractivity contribution in [3.63, 3.8) is 0 Å². The molecule has 132 valence electrons. The number of hydrogen-bond donors (Lipinski definition) is 2. The first-order valence-electron chi connectivity index (χ1n) is 8.04. The highest BCUT2D eigenvalue weighted by atomic mass is 32.2. The molecule has 1 aromatic carbocycles. The molecule has 2 aliphatic rings. The second-order valence-corrected chi connectivity index (χ2v) is 7.31. The molecule has 8 nitrogen and oxygen atoms in total. The summed E-state index contributed by atoms with van der Waals surface area (Å²) in [6, 6.07) is 7.41. The van der Waals surface area contributed by atoms with E-state index in [1.807, 2.05) is 31.6 Å². The molecule has 1 aromatic heterocycles. The van der Waals surface area contributed by atoms with Gasteiger partial charge >= 0.3 is 18.1 Å². The third-order valence-electron chi connectivity index (χ3n) is 5.00. The van der Waals surface area contributed by atoms with Crippen LogP contribution in [0.2, 0.25) is 0 Å². The molecule has 2 aromatic rings. The molecule has 2 N–H and O–H groups in total. The number of hydrogen-bond acceptors (Lipinski definition) is 3. The van der Waals surface area contributed by atoms with Gasteiger partial charge in [-0.15, -0.1) is 4.57 Å². The van der Waals surface area contributed by atoms with Crippen LogP contribution in [0, 0.1) is 0 Å². The van der Waals surface area contributed by atoms with E-state index in [1.54, 1.807) is 12.1 Å². The summed E-state index contributed by atoms with van der Waals surface area (Å²) >= 11 is -2.07. The number of nitrogens with zero attached hydrogens (tertiary/aromatic N) is 3. The first-order valence-corrected chi connectivity index (χ1v) is 9.15. The van der Waals surface area contributed by atoms with E-state index < -0.39 is 11.3 Å². The lowest BCUT2D eigenvalue weighted by molar-refractivity contribution is -1.06. The van der Waals surface area contributed by atoms with Crippen molar-refractivity contribution < 1.29 is 27.3 Å². The van der Waals surface area contributed by atoms with E-state index in [0.29, 0.717) is 16.7 Å². The van der Waals surface area contributed by atoms with E-state index in [2.05, 4.69) is 13.9 Å². The minimum atomic E-state index is -2.07. The van der Waals surface area contributed by atoms with Gasteiger partial charge in [-0.1, -0.05) is 12.1 Å². The number of nitrogens with one attached hydrogen (secondary N) is 1. The molecule has 0 aliphatic carbocycles. The zero-order chi connectivity index (χ0) is 17.6. The molecule has 0 amide bonds. The SMILES string of the molecule is Cn1cc[n+]2c1C[N@+]1(CCc3ccc(NS(=O)O)cc3)CC(=O)O[C@@H]21. The van der Waals surface area contributed by atoms with Crippen LogP contribution in [0.3, 0.4) is 0 Å².